The van der Waals surface area contributed by atoms with Gasteiger partial charge in [-0.05, 0) is 0 Å². The van der Waals surface area contributed by atoms with Crippen molar-refractivity contribution < 1.29 is 14.3 Å². The highest BCUT2D eigenvalue weighted by molar-refractivity contribution is 5.97. The number of amides is 1. The van der Waals surface area contributed by atoms with Crippen LogP contribution in [0.2, 0.25) is 0 Å². The summed E-state index contributed by atoms with van der Waals surface area (Å²) in [6.45, 7) is 2.01. The Morgan fingerprint density at radius 2 is 2.05 bits per heavy atom. The number of benzene rings is 1. The Hall–Kier alpha value is -1.72. The first-order valence-electron chi connectivity index (χ1n) is 6.45. The second-order valence-electron chi connectivity index (χ2n) is 4.42. The van der Waals surface area contributed by atoms with E-state index in [0.29, 0.717) is 18.7 Å². The monoisotopic (exact) mass is 262 g/mol. The van der Waals surface area contributed by atoms with Gasteiger partial charge < -0.3 is 15.4 Å². The molecule has 0 bridgehead atoms. The Morgan fingerprint density at radius 1 is 1.26 bits per heavy atom. The Labute approximate surface area is 112 Å². The molecule has 1 aliphatic rings. The molecule has 0 aliphatic carbocycles. The van der Waals surface area contributed by atoms with Crippen molar-refractivity contribution in [3.05, 3.63) is 35.9 Å². The molecule has 1 aliphatic heterocycles. The van der Waals surface area contributed by atoms with Crippen LogP contribution in [0.3, 0.4) is 0 Å². The van der Waals surface area contributed by atoms with Gasteiger partial charge in [-0.25, -0.2) is 0 Å². The number of carbonyl (C=O) groups excluding carboxylic acids is 2. The number of carbonyl (C=O) groups is 2. The highest BCUT2D eigenvalue weighted by Gasteiger charge is 2.16. The summed E-state index contributed by atoms with van der Waals surface area (Å²) in [5.74, 6) is -0.170. The van der Waals surface area contributed by atoms with Crippen molar-refractivity contribution in [2.24, 2.45) is 0 Å². The Morgan fingerprint density at radius 3 is 2.74 bits per heavy atom. The van der Waals surface area contributed by atoms with Crippen LogP contribution >= 0.6 is 0 Å². The standard InChI is InChI=1S/C14H18N2O3/c17-12(11-4-2-1-3-5-11)6-7-13(18)16-14-10-15-8-9-19-14/h1-5,14-15H,6-10H2,(H,16,18). The first-order valence-corrected chi connectivity index (χ1v) is 6.45. The molecule has 1 saturated heterocycles. The summed E-state index contributed by atoms with van der Waals surface area (Å²) in [6, 6.07) is 9.00. The van der Waals surface area contributed by atoms with Gasteiger partial charge in [-0.3, -0.25) is 9.59 Å². The molecule has 5 nitrogen and oxygen atoms in total. The predicted octanol–water partition coefficient (Wildman–Crippen LogP) is 0.712. The maximum absolute atomic E-state index is 11.8. The molecule has 2 rings (SSSR count). The van der Waals surface area contributed by atoms with Crippen LogP contribution in [0.1, 0.15) is 23.2 Å². The van der Waals surface area contributed by atoms with E-state index in [-0.39, 0.29) is 30.8 Å². The van der Waals surface area contributed by atoms with E-state index in [9.17, 15) is 9.59 Å². The minimum atomic E-state index is -0.284. The van der Waals surface area contributed by atoms with Gasteiger partial charge in [0.05, 0.1) is 6.61 Å². The van der Waals surface area contributed by atoms with Gasteiger partial charge in [0.15, 0.2) is 5.78 Å². The Balaban J connectivity index is 1.72. The van der Waals surface area contributed by atoms with E-state index in [2.05, 4.69) is 10.6 Å². The molecule has 1 fully saturated rings. The fourth-order valence-corrected chi connectivity index (χ4v) is 1.91. The minimum Gasteiger partial charge on any atom is -0.356 e. The molecule has 1 aromatic rings. The number of morpholine rings is 1. The van der Waals surface area contributed by atoms with Crippen LogP contribution in [0.4, 0.5) is 0 Å². The maximum Gasteiger partial charge on any atom is 0.222 e. The molecule has 0 spiro atoms. The van der Waals surface area contributed by atoms with E-state index in [1.54, 1.807) is 12.1 Å². The lowest BCUT2D eigenvalue weighted by Crippen LogP contribution is -2.48. The van der Waals surface area contributed by atoms with Gasteiger partial charge in [0.25, 0.3) is 0 Å². The van der Waals surface area contributed by atoms with Crippen LogP contribution in [0.5, 0.6) is 0 Å². The van der Waals surface area contributed by atoms with Crippen molar-refractivity contribution in [2.45, 2.75) is 19.1 Å². The molecule has 1 amide bonds. The van der Waals surface area contributed by atoms with Crippen LogP contribution in [0.25, 0.3) is 0 Å². The van der Waals surface area contributed by atoms with Crippen LogP contribution in [-0.4, -0.2) is 37.6 Å². The predicted molar refractivity (Wildman–Crippen MR) is 70.8 cm³/mol. The third-order valence-corrected chi connectivity index (χ3v) is 2.92. The molecule has 5 heteroatoms. The number of hydrogen-bond acceptors (Lipinski definition) is 4. The first kappa shape index (κ1) is 13.7. The zero-order valence-corrected chi connectivity index (χ0v) is 10.7. The summed E-state index contributed by atoms with van der Waals surface area (Å²) in [5.41, 5.74) is 0.644. The lowest BCUT2D eigenvalue weighted by atomic mass is 10.1. The highest BCUT2D eigenvalue weighted by Crippen LogP contribution is 2.05. The fraction of sp³-hybridized carbons (Fsp3) is 0.429. The summed E-state index contributed by atoms with van der Waals surface area (Å²) in [5, 5.41) is 5.87. The third kappa shape index (κ3) is 4.46. The van der Waals surface area contributed by atoms with Gasteiger partial charge >= 0.3 is 0 Å². The normalized spacial score (nSPS) is 18.8. The van der Waals surface area contributed by atoms with Crippen LogP contribution in [0.15, 0.2) is 30.3 Å². The minimum absolute atomic E-state index is 0.0153. The zero-order chi connectivity index (χ0) is 13.5. The van der Waals surface area contributed by atoms with Crippen LogP contribution in [-0.2, 0) is 9.53 Å². The second-order valence-corrected chi connectivity index (χ2v) is 4.42. The molecular weight excluding hydrogens is 244 g/mol. The molecule has 1 aromatic carbocycles. The van der Waals surface area contributed by atoms with Gasteiger partial charge in [0, 0.05) is 31.5 Å². The van der Waals surface area contributed by atoms with E-state index in [0.717, 1.165) is 6.54 Å². The van der Waals surface area contributed by atoms with E-state index in [4.69, 9.17) is 4.74 Å². The molecule has 0 aromatic heterocycles. The van der Waals surface area contributed by atoms with E-state index in [1.165, 1.54) is 0 Å². The molecule has 1 heterocycles. The van der Waals surface area contributed by atoms with Gasteiger partial charge in [0.1, 0.15) is 6.23 Å². The van der Waals surface area contributed by atoms with Gasteiger partial charge in [-0.15, -0.1) is 0 Å². The van der Waals surface area contributed by atoms with Gasteiger partial charge in [0.2, 0.25) is 5.91 Å². The number of hydrogen-bond donors (Lipinski definition) is 2. The topological polar surface area (TPSA) is 67.4 Å². The lowest BCUT2D eigenvalue weighted by molar-refractivity contribution is -0.126. The highest BCUT2D eigenvalue weighted by atomic mass is 16.5. The maximum atomic E-state index is 11.8. The molecule has 1 atom stereocenters. The third-order valence-electron chi connectivity index (χ3n) is 2.92. The molecular formula is C14H18N2O3. The van der Waals surface area contributed by atoms with Crippen molar-refractivity contribution in [3.63, 3.8) is 0 Å². The Bertz CT molecular complexity index is 428. The van der Waals surface area contributed by atoms with E-state index >= 15 is 0 Å². The zero-order valence-electron chi connectivity index (χ0n) is 10.7. The smallest absolute Gasteiger partial charge is 0.222 e. The van der Waals surface area contributed by atoms with Crippen molar-refractivity contribution in [1.82, 2.24) is 10.6 Å². The SMILES string of the molecule is O=C(CCC(=O)c1ccccc1)NC1CNCCO1. The van der Waals surface area contributed by atoms with Gasteiger partial charge in [-0.2, -0.15) is 0 Å². The molecule has 2 N–H and O–H groups in total. The molecule has 0 saturated carbocycles. The lowest BCUT2D eigenvalue weighted by Gasteiger charge is -2.24. The van der Waals surface area contributed by atoms with Crippen molar-refractivity contribution >= 4 is 11.7 Å². The number of ketones is 1. The number of ether oxygens (including phenoxy) is 1. The fourth-order valence-electron chi connectivity index (χ4n) is 1.91. The van der Waals surface area contributed by atoms with Crippen LogP contribution < -0.4 is 10.6 Å². The quantitative estimate of drug-likeness (QED) is 0.767. The van der Waals surface area contributed by atoms with Crippen molar-refractivity contribution in [2.75, 3.05) is 19.7 Å². The Kier molecular flexibility index (Phi) is 5.06. The average molecular weight is 262 g/mol. The van der Waals surface area contributed by atoms with Crippen molar-refractivity contribution in [3.8, 4) is 0 Å². The van der Waals surface area contributed by atoms with E-state index in [1.807, 2.05) is 18.2 Å². The number of Topliss-reactive ketones (excluding diaryl/α,β-unsaturated/α-hetero) is 1. The summed E-state index contributed by atoms with van der Waals surface area (Å²) in [7, 11) is 0. The van der Waals surface area contributed by atoms with E-state index < -0.39 is 0 Å². The first-order chi connectivity index (χ1) is 9.25. The largest absolute Gasteiger partial charge is 0.356 e. The van der Waals surface area contributed by atoms with Crippen LogP contribution in [0, 0.1) is 0 Å². The average Bonchev–Trinajstić information content (AvgIpc) is 2.47. The second kappa shape index (κ2) is 7.01. The number of nitrogens with one attached hydrogen (secondary N) is 2. The molecule has 19 heavy (non-hydrogen) atoms. The molecule has 1 unspecified atom stereocenters. The van der Waals surface area contributed by atoms with Gasteiger partial charge in [-0.1, -0.05) is 30.3 Å². The summed E-state index contributed by atoms with van der Waals surface area (Å²) >= 11 is 0. The molecule has 102 valence electrons. The summed E-state index contributed by atoms with van der Waals surface area (Å²) in [6.07, 6.45) is 0.122. The van der Waals surface area contributed by atoms with Crippen molar-refractivity contribution in [1.29, 1.82) is 0 Å². The molecule has 0 radical (unpaired) electrons. The summed E-state index contributed by atoms with van der Waals surface area (Å²) < 4.78 is 5.36. The number of rotatable bonds is 5. The summed E-state index contributed by atoms with van der Waals surface area (Å²) in [4.78, 5) is 23.5.